The smallest absolute Gasteiger partial charge is 0.363 e. The fraction of sp³-hybridized carbons (Fsp3) is 0.250. The lowest BCUT2D eigenvalue weighted by Gasteiger charge is -2.12. The minimum absolute atomic E-state index is 0.0548. The van der Waals surface area contributed by atoms with Crippen molar-refractivity contribution in [2.75, 3.05) is 17.7 Å². The molecule has 0 aliphatic rings. The summed E-state index contributed by atoms with van der Waals surface area (Å²) in [5, 5.41) is 12.9. The molecule has 112 valence electrons. The highest BCUT2D eigenvalue weighted by Crippen LogP contribution is 2.33. The zero-order valence-corrected chi connectivity index (χ0v) is 11.9. The third kappa shape index (κ3) is 3.48. The van der Waals surface area contributed by atoms with Gasteiger partial charge in [0.1, 0.15) is 0 Å². The first-order valence-electron chi connectivity index (χ1n) is 5.81. The summed E-state index contributed by atoms with van der Waals surface area (Å²) in [6, 6.07) is 3.60. The van der Waals surface area contributed by atoms with Gasteiger partial charge in [-0.15, -0.1) is 10.2 Å². The van der Waals surface area contributed by atoms with E-state index in [-0.39, 0.29) is 16.3 Å². The van der Waals surface area contributed by atoms with Gasteiger partial charge in [-0.1, -0.05) is 17.4 Å². The minimum atomic E-state index is -4.47. The van der Waals surface area contributed by atoms with Gasteiger partial charge in [0.05, 0.1) is 5.56 Å². The number of nitrogens with one attached hydrogen (secondary N) is 2. The maximum absolute atomic E-state index is 12.8. The van der Waals surface area contributed by atoms with E-state index in [4.69, 9.17) is 0 Å². The van der Waals surface area contributed by atoms with Crippen LogP contribution in [0.2, 0.25) is 0 Å². The number of carbonyl (C=O) groups excluding carboxylic acids is 1. The fourth-order valence-electron chi connectivity index (χ4n) is 1.61. The summed E-state index contributed by atoms with van der Waals surface area (Å²) in [5.74, 6) is -0.606. The third-order valence-electron chi connectivity index (χ3n) is 2.63. The molecule has 2 rings (SSSR count). The van der Waals surface area contributed by atoms with Gasteiger partial charge >= 0.3 is 6.18 Å². The number of benzene rings is 1. The number of anilines is 2. The van der Waals surface area contributed by atoms with E-state index >= 15 is 0 Å². The highest BCUT2D eigenvalue weighted by Gasteiger charge is 2.32. The Balaban J connectivity index is 2.21. The molecule has 0 saturated heterocycles. The molecule has 5 nitrogen and oxygen atoms in total. The number of alkyl halides is 3. The second-order valence-corrected chi connectivity index (χ2v) is 5.12. The first kappa shape index (κ1) is 15.2. The molecule has 0 saturated carbocycles. The molecule has 2 aromatic rings. The standard InChI is InChI=1S/C12H11F3N4OS/c1-6-3-4-7(5-8(6)12(13,14)15)17-9(20)10-18-19-11(16-2)21-10/h3-5H,1-2H3,(H,16,19)(H,17,20). The SMILES string of the molecule is CNc1nnc(C(=O)Nc2ccc(C)c(C(F)(F)F)c2)s1. The Morgan fingerprint density at radius 2 is 2.00 bits per heavy atom. The van der Waals surface area contributed by atoms with Crippen molar-refractivity contribution in [3.05, 3.63) is 34.3 Å². The average Bonchev–Trinajstić information content (AvgIpc) is 2.88. The molecule has 1 aromatic heterocycles. The van der Waals surface area contributed by atoms with Crippen LogP contribution in [0, 0.1) is 6.92 Å². The number of rotatable bonds is 3. The zero-order chi connectivity index (χ0) is 15.6. The van der Waals surface area contributed by atoms with Crippen molar-refractivity contribution in [2.45, 2.75) is 13.1 Å². The molecular weight excluding hydrogens is 305 g/mol. The summed E-state index contributed by atoms with van der Waals surface area (Å²) in [7, 11) is 1.62. The summed E-state index contributed by atoms with van der Waals surface area (Å²) in [6.07, 6.45) is -4.47. The summed E-state index contributed by atoms with van der Waals surface area (Å²) in [4.78, 5) is 11.9. The first-order valence-corrected chi connectivity index (χ1v) is 6.63. The van der Waals surface area contributed by atoms with E-state index < -0.39 is 17.6 Å². The highest BCUT2D eigenvalue weighted by molar-refractivity contribution is 7.17. The van der Waals surface area contributed by atoms with Crippen LogP contribution in [0.3, 0.4) is 0 Å². The van der Waals surface area contributed by atoms with Gasteiger partial charge in [-0.3, -0.25) is 4.79 Å². The highest BCUT2D eigenvalue weighted by atomic mass is 32.1. The third-order valence-corrected chi connectivity index (χ3v) is 3.57. The van der Waals surface area contributed by atoms with Gasteiger partial charge in [0.15, 0.2) is 0 Å². The summed E-state index contributed by atoms with van der Waals surface area (Å²) in [5.41, 5.74) is -0.638. The molecule has 9 heteroatoms. The van der Waals surface area contributed by atoms with Crippen molar-refractivity contribution < 1.29 is 18.0 Å². The molecule has 1 amide bonds. The lowest BCUT2D eigenvalue weighted by molar-refractivity contribution is -0.138. The number of aromatic nitrogens is 2. The Labute approximate surface area is 122 Å². The van der Waals surface area contributed by atoms with Crippen LogP contribution in [-0.2, 0) is 6.18 Å². The fourth-order valence-corrected chi connectivity index (χ4v) is 2.20. The van der Waals surface area contributed by atoms with E-state index in [2.05, 4.69) is 20.8 Å². The Morgan fingerprint density at radius 1 is 1.29 bits per heavy atom. The molecular formula is C12H11F3N4OS. The predicted molar refractivity (Wildman–Crippen MR) is 73.6 cm³/mol. The van der Waals surface area contributed by atoms with Gasteiger partial charge in [0.25, 0.3) is 5.91 Å². The Bertz CT molecular complexity index is 669. The number of halogens is 3. The van der Waals surface area contributed by atoms with Crippen molar-refractivity contribution in [1.82, 2.24) is 10.2 Å². The van der Waals surface area contributed by atoms with Gasteiger partial charge < -0.3 is 10.6 Å². The van der Waals surface area contributed by atoms with Gasteiger partial charge in [0.2, 0.25) is 10.1 Å². The molecule has 0 aliphatic carbocycles. The summed E-state index contributed by atoms with van der Waals surface area (Å²) < 4.78 is 38.4. The van der Waals surface area contributed by atoms with Crippen LogP contribution in [-0.4, -0.2) is 23.2 Å². The normalized spacial score (nSPS) is 11.3. The molecule has 0 unspecified atom stereocenters. The predicted octanol–water partition coefficient (Wildman–Crippen LogP) is 3.16. The minimum Gasteiger partial charge on any atom is -0.363 e. The Kier molecular flexibility index (Phi) is 4.12. The van der Waals surface area contributed by atoms with Gasteiger partial charge in [-0.25, -0.2) is 0 Å². The molecule has 0 spiro atoms. The number of aryl methyl sites for hydroxylation is 1. The van der Waals surface area contributed by atoms with Crippen molar-refractivity contribution in [1.29, 1.82) is 0 Å². The largest absolute Gasteiger partial charge is 0.416 e. The van der Waals surface area contributed by atoms with Crippen molar-refractivity contribution >= 4 is 28.1 Å². The second kappa shape index (κ2) is 5.68. The van der Waals surface area contributed by atoms with Crippen LogP contribution in [0.5, 0.6) is 0 Å². The molecule has 0 radical (unpaired) electrons. The van der Waals surface area contributed by atoms with E-state index in [1.54, 1.807) is 7.05 Å². The Morgan fingerprint density at radius 3 is 2.57 bits per heavy atom. The number of nitrogens with zero attached hydrogens (tertiary/aromatic N) is 2. The van der Waals surface area contributed by atoms with E-state index in [0.29, 0.717) is 5.13 Å². The molecule has 0 bridgehead atoms. The van der Waals surface area contributed by atoms with Gasteiger partial charge in [0, 0.05) is 12.7 Å². The van der Waals surface area contributed by atoms with Crippen LogP contribution in [0.1, 0.15) is 20.9 Å². The Hall–Kier alpha value is -2.16. The van der Waals surface area contributed by atoms with Crippen molar-refractivity contribution in [3.8, 4) is 0 Å². The molecule has 0 aliphatic heterocycles. The molecule has 0 atom stereocenters. The van der Waals surface area contributed by atoms with E-state index in [1.165, 1.54) is 19.1 Å². The molecule has 2 N–H and O–H groups in total. The first-order chi connectivity index (χ1) is 9.81. The van der Waals surface area contributed by atoms with Gasteiger partial charge in [-0.2, -0.15) is 13.2 Å². The second-order valence-electron chi connectivity index (χ2n) is 4.14. The van der Waals surface area contributed by atoms with Crippen LogP contribution in [0.15, 0.2) is 18.2 Å². The molecule has 1 heterocycles. The van der Waals surface area contributed by atoms with Crippen LogP contribution < -0.4 is 10.6 Å². The van der Waals surface area contributed by atoms with Crippen LogP contribution in [0.25, 0.3) is 0 Å². The van der Waals surface area contributed by atoms with Crippen LogP contribution >= 0.6 is 11.3 Å². The quantitative estimate of drug-likeness (QED) is 0.913. The lowest BCUT2D eigenvalue weighted by atomic mass is 10.1. The van der Waals surface area contributed by atoms with E-state index in [1.807, 2.05) is 0 Å². The van der Waals surface area contributed by atoms with E-state index in [9.17, 15) is 18.0 Å². The maximum atomic E-state index is 12.8. The number of hydrogen-bond donors (Lipinski definition) is 2. The average molecular weight is 316 g/mol. The van der Waals surface area contributed by atoms with Crippen LogP contribution in [0.4, 0.5) is 24.0 Å². The number of carbonyl (C=O) groups is 1. The summed E-state index contributed by atoms with van der Waals surface area (Å²) >= 11 is 1.01. The molecule has 0 fully saturated rings. The lowest BCUT2D eigenvalue weighted by Crippen LogP contribution is -2.13. The number of hydrogen-bond acceptors (Lipinski definition) is 5. The number of amides is 1. The summed E-state index contributed by atoms with van der Waals surface area (Å²) in [6.45, 7) is 1.36. The van der Waals surface area contributed by atoms with E-state index in [0.717, 1.165) is 17.4 Å². The topological polar surface area (TPSA) is 66.9 Å². The maximum Gasteiger partial charge on any atom is 0.416 e. The zero-order valence-electron chi connectivity index (χ0n) is 11.1. The van der Waals surface area contributed by atoms with Crippen molar-refractivity contribution in [2.24, 2.45) is 0 Å². The van der Waals surface area contributed by atoms with Gasteiger partial charge in [-0.05, 0) is 24.6 Å². The van der Waals surface area contributed by atoms with Crippen molar-refractivity contribution in [3.63, 3.8) is 0 Å². The molecule has 1 aromatic carbocycles. The monoisotopic (exact) mass is 316 g/mol. The molecule has 21 heavy (non-hydrogen) atoms.